The SMILES string of the molecule is CC[C@@H]1CCc2c(sc(NS(=O)(=O)c3ccc(NC(C)=O)cc3)c2C(N)=O)C1. The summed E-state index contributed by atoms with van der Waals surface area (Å²) in [5.74, 6) is -0.321. The molecule has 1 aliphatic rings. The van der Waals surface area contributed by atoms with Crippen molar-refractivity contribution in [2.24, 2.45) is 11.7 Å². The van der Waals surface area contributed by atoms with Gasteiger partial charge in [0, 0.05) is 17.5 Å². The van der Waals surface area contributed by atoms with Crippen molar-refractivity contribution in [1.29, 1.82) is 0 Å². The first-order valence-corrected chi connectivity index (χ1v) is 11.4. The van der Waals surface area contributed by atoms with Crippen molar-refractivity contribution in [3.8, 4) is 0 Å². The number of nitrogens with one attached hydrogen (secondary N) is 2. The van der Waals surface area contributed by atoms with Crippen LogP contribution in [0.15, 0.2) is 29.2 Å². The maximum atomic E-state index is 12.8. The zero-order valence-corrected chi connectivity index (χ0v) is 17.4. The van der Waals surface area contributed by atoms with Crippen LogP contribution in [0.25, 0.3) is 0 Å². The predicted molar refractivity (Wildman–Crippen MR) is 110 cm³/mol. The third-order valence-electron chi connectivity index (χ3n) is 4.90. The number of carbonyl (C=O) groups excluding carboxylic acids is 2. The standard InChI is InChI=1S/C19H23N3O4S2/c1-3-12-4-9-15-16(10-12)27-19(17(15)18(20)24)22-28(25,26)14-7-5-13(6-8-14)21-11(2)23/h5-8,12,22H,3-4,9-10H2,1-2H3,(H2,20,24)(H,21,23)/t12-/m1/s1. The Labute approximate surface area is 168 Å². The number of fused-ring (bicyclic) bond motifs is 1. The molecule has 7 nitrogen and oxygen atoms in total. The third-order valence-corrected chi connectivity index (χ3v) is 7.57. The molecule has 0 aliphatic heterocycles. The minimum atomic E-state index is -3.89. The van der Waals surface area contributed by atoms with E-state index < -0.39 is 15.9 Å². The monoisotopic (exact) mass is 421 g/mol. The predicted octanol–water partition coefficient (Wildman–Crippen LogP) is 3.12. The Morgan fingerprint density at radius 2 is 1.93 bits per heavy atom. The number of sulfonamides is 1. The van der Waals surface area contributed by atoms with Crippen LogP contribution < -0.4 is 15.8 Å². The number of primary amides is 1. The van der Waals surface area contributed by atoms with Gasteiger partial charge in [0.25, 0.3) is 15.9 Å². The summed E-state index contributed by atoms with van der Waals surface area (Å²) in [5, 5.41) is 2.86. The summed E-state index contributed by atoms with van der Waals surface area (Å²) in [6, 6.07) is 5.82. The van der Waals surface area contributed by atoms with Crippen LogP contribution in [0, 0.1) is 5.92 Å². The highest BCUT2D eigenvalue weighted by atomic mass is 32.2. The quantitative estimate of drug-likeness (QED) is 0.664. The molecule has 1 aromatic carbocycles. The third kappa shape index (κ3) is 4.20. The normalized spacial score (nSPS) is 16.3. The molecule has 1 atom stereocenters. The van der Waals surface area contributed by atoms with Gasteiger partial charge >= 0.3 is 0 Å². The van der Waals surface area contributed by atoms with Gasteiger partial charge in [-0.25, -0.2) is 8.42 Å². The van der Waals surface area contributed by atoms with Crippen LogP contribution in [-0.2, 0) is 27.7 Å². The molecule has 3 rings (SSSR count). The first kappa shape index (κ1) is 20.3. The smallest absolute Gasteiger partial charge is 0.262 e. The number of rotatable bonds is 6. The molecule has 9 heteroatoms. The summed E-state index contributed by atoms with van der Waals surface area (Å²) in [4.78, 5) is 24.2. The Hall–Kier alpha value is -2.39. The minimum absolute atomic E-state index is 0.0369. The van der Waals surface area contributed by atoms with E-state index in [1.165, 1.54) is 42.5 Å². The molecule has 150 valence electrons. The topological polar surface area (TPSA) is 118 Å². The number of nitrogens with two attached hydrogens (primary N) is 1. The number of anilines is 2. The van der Waals surface area contributed by atoms with E-state index in [9.17, 15) is 18.0 Å². The molecule has 2 amide bonds. The number of amides is 2. The molecular weight excluding hydrogens is 398 g/mol. The summed E-state index contributed by atoms with van der Waals surface area (Å²) < 4.78 is 28.1. The van der Waals surface area contributed by atoms with Crippen LogP contribution in [0.4, 0.5) is 10.7 Å². The number of hydrogen-bond acceptors (Lipinski definition) is 5. The first-order chi connectivity index (χ1) is 13.2. The van der Waals surface area contributed by atoms with E-state index >= 15 is 0 Å². The lowest BCUT2D eigenvalue weighted by Gasteiger charge is -2.20. The van der Waals surface area contributed by atoms with E-state index in [-0.39, 0.29) is 21.4 Å². The summed E-state index contributed by atoms with van der Waals surface area (Å²) >= 11 is 1.29. The lowest BCUT2D eigenvalue weighted by Crippen LogP contribution is -2.20. The lowest BCUT2D eigenvalue weighted by molar-refractivity contribution is -0.114. The average Bonchev–Trinajstić information content (AvgIpc) is 2.97. The molecular formula is C19H23N3O4S2. The Morgan fingerprint density at radius 3 is 2.50 bits per heavy atom. The summed E-state index contributed by atoms with van der Waals surface area (Å²) in [6.07, 6.45) is 3.59. The van der Waals surface area contributed by atoms with E-state index in [0.717, 1.165) is 36.1 Å². The van der Waals surface area contributed by atoms with Crippen molar-refractivity contribution in [2.45, 2.75) is 44.4 Å². The zero-order chi connectivity index (χ0) is 20.5. The molecule has 1 aliphatic carbocycles. The number of carbonyl (C=O) groups is 2. The molecule has 1 aromatic heterocycles. The van der Waals surface area contributed by atoms with Gasteiger partial charge in [-0.1, -0.05) is 13.3 Å². The summed E-state index contributed by atoms with van der Waals surface area (Å²) in [6.45, 7) is 3.51. The highest BCUT2D eigenvalue weighted by Crippen LogP contribution is 2.41. The van der Waals surface area contributed by atoms with Gasteiger partial charge < -0.3 is 11.1 Å². The van der Waals surface area contributed by atoms with Crippen molar-refractivity contribution in [1.82, 2.24) is 0 Å². The van der Waals surface area contributed by atoms with E-state index in [1.54, 1.807) is 0 Å². The van der Waals surface area contributed by atoms with Gasteiger partial charge in [-0.3, -0.25) is 14.3 Å². The summed E-state index contributed by atoms with van der Waals surface area (Å²) in [7, 11) is -3.89. The minimum Gasteiger partial charge on any atom is -0.365 e. The van der Waals surface area contributed by atoms with Crippen molar-refractivity contribution in [3.63, 3.8) is 0 Å². The molecule has 0 spiro atoms. The molecule has 2 aromatic rings. The first-order valence-electron chi connectivity index (χ1n) is 9.06. The van der Waals surface area contributed by atoms with Crippen LogP contribution in [0.5, 0.6) is 0 Å². The maximum Gasteiger partial charge on any atom is 0.262 e. The Kier molecular flexibility index (Phi) is 5.76. The van der Waals surface area contributed by atoms with Gasteiger partial charge in [-0.15, -0.1) is 11.3 Å². The second-order valence-corrected chi connectivity index (χ2v) is 9.69. The Bertz CT molecular complexity index is 1010. The molecule has 1 heterocycles. The maximum absolute atomic E-state index is 12.8. The zero-order valence-electron chi connectivity index (χ0n) is 15.7. The van der Waals surface area contributed by atoms with Crippen LogP contribution in [-0.4, -0.2) is 20.2 Å². The van der Waals surface area contributed by atoms with E-state index in [1.807, 2.05) is 0 Å². The lowest BCUT2D eigenvalue weighted by atomic mass is 9.85. The Balaban J connectivity index is 1.91. The van der Waals surface area contributed by atoms with Gasteiger partial charge in [0.2, 0.25) is 5.91 Å². The van der Waals surface area contributed by atoms with Crippen LogP contribution in [0.3, 0.4) is 0 Å². The van der Waals surface area contributed by atoms with Crippen LogP contribution >= 0.6 is 11.3 Å². The van der Waals surface area contributed by atoms with Crippen molar-refractivity contribution in [3.05, 3.63) is 40.3 Å². The summed E-state index contributed by atoms with van der Waals surface area (Å²) in [5.41, 5.74) is 7.23. The van der Waals surface area contributed by atoms with E-state index in [2.05, 4.69) is 17.0 Å². The molecule has 28 heavy (non-hydrogen) atoms. The highest BCUT2D eigenvalue weighted by molar-refractivity contribution is 7.93. The fourth-order valence-corrected chi connectivity index (χ4v) is 6.11. The van der Waals surface area contributed by atoms with Gasteiger partial charge in [-0.05, 0) is 55.0 Å². The largest absolute Gasteiger partial charge is 0.365 e. The van der Waals surface area contributed by atoms with Crippen molar-refractivity contribution in [2.75, 3.05) is 10.0 Å². The number of benzene rings is 1. The van der Waals surface area contributed by atoms with Crippen LogP contribution in [0.1, 0.15) is 47.5 Å². The number of hydrogen-bond donors (Lipinski definition) is 3. The average molecular weight is 422 g/mol. The molecule has 0 fully saturated rings. The van der Waals surface area contributed by atoms with E-state index in [0.29, 0.717) is 11.6 Å². The fourth-order valence-electron chi connectivity index (χ4n) is 3.44. The van der Waals surface area contributed by atoms with Gasteiger partial charge in [0.15, 0.2) is 0 Å². The Morgan fingerprint density at radius 1 is 1.25 bits per heavy atom. The fraction of sp³-hybridized carbons (Fsp3) is 0.368. The molecule has 0 saturated carbocycles. The highest BCUT2D eigenvalue weighted by Gasteiger charge is 2.29. The van der Waals surface area contributed by atoms with Crippen molar-refractivity contribution >= 4 is 43.9 Å². The molecule has 0 saturated heterocycles. The van der Waals surface area contributed by atoms with Gasteiger partial charge in [0.1, 0.15) is 5.00 Å². The molecule has 0 unspecified atom stereocenters. The van der Waals surface area contributed by atoms with Crippen molar-refractivity contribution < 1.29 is 18.0 Å². The molecule has 4 N–H and O–H groups in total. The van der Waals surface area contributed by atoms with E-state index in [4.69, 9.17) is 5.73 Å². The second kappa shape index (κ2) is 7.92. The second-order valence-electron chi connectivity index (χ2n) is 6.90. The van der Waals surface area contributed by atoms with Gasteiger partial charge in [0.05, 0.1) is 10.5 Å². The molecule has 0 radical (unpaired) electrons. The van der Waals surface area contributed by atoms with Gasteiger partial charge in [-0.2, -0.15) is 0 Å². The number of thiophene rings is 1. The van der Waals surface area contributed by atoms with Crippen LogP contribution in [0.2, 0.25) is 0 Å². The molecule has 0 bridgehead atoms.